The summed E-state index contributed by atoms with van der Waals surface area (Å²) in [7, 11) is -3.50. The molecule has 1 atom stereocenters. The maximum absolute atomic E-state index is 13.8. The average Bonchev–Trinajstić information content (AvgIpc) is 3.39. The van der Waals surface area contributed by atoms with E-state index in [0.717, 1.165) is 32.1 Å². The van der Waals surface area contributed by atoms with Gasteiger partial charge in [-0.3, -0.25) is 0 Å². The lowest BCUT2D eigenvalue weighted by atomic mass is 9.63. The second kappa shape index (κ2) is 10.9. The van der Waals surface area contributed by atoms with Gasteiger partial charge in [0.1, 0.15) is 11.4 Å². The summed E-state index contributed by atoms with van der Waals surface area (Å²) in [4.78, 5) is 12.4. The maximum atomic E-state index is 13.8. The second-order valence-electron chi connectivity index (χ2n) is 13.3. The van der Waals surface area contributed by atoms with Crippen molar-refractivity contribution >= 4 is 27.3 Å². The molecule has 0 radical (unpaired) electrons. The Kier molecular flexibility index (Phi) is 8.06. The van der Waals surface area contributed by atoms with E-state index in [1.807, 2.05) is 0 Å². The Hall–Kier alpha value is -2.44. The van der Waals surface area contributed by atoms with Crippen LogP contribution in [0.4, 0.5) is 30.6 Å². The van der Waals surface area contributed by atoms with Crippen molar-refractivity contribution in [3.05, 3.63) is 35.5 Å². The number of rotatable bonds is 7. The average molecular weight is 610 g/mol. The van der Waals surface area contributed by atoms with Crippen molar-refractivity contribution in [1.82, 2.24) is 14.9 Å². The molecule has 232 valence electrons. The number of aryl methyl sites for hydroxylation is 1. The van der Waals surface area contributed by atoms with Gasteiger partial charge >= 0.3 is 6.18 Å². The molecule has 2 aromatic rings. The predicted octanol–water partition coefficient (Wildman–Crippen LogP) is 5.57. The van der Waals surface area contributed by atoms with Crippen LogP contribution in [0.5, 0.6) is 0 Å². The highest BCUT2D eigenvalue weighted by atomic mass is 32.2. The van der Waals surface area contributed by atoms with E-state index in [0.29, 0.717) is 43.1 Å². The van der Waals surface area contributed by atoms with Crippen molar-refractivity contribution in [1.29, 1.82) is 0 Å². The molecular weight excluding hydrogens is 567 g/mol. The van der Waals surface area contributed by atoms with Gasteiger partial charge in [0.25, 0.3) is 0 Å². The Morgan fingerprint density at radius 1 is 1.12 bits per heavy atom. The van der Waals surface area contributed by atoms with Crippen molar-refractivity contribution < 1.29 is 26.7 Å². The normalized spacial score (nSPS) is 22.1. The zero-order valence-electron chi connectivity index (χ0n) is 25.0. The Labute approximate surface area is 246 Å². The summed E-state index contributed by atoms with van der Waals surface area (Å²) in [5.74, 6) is -0.445. The fraction of sp³-hybridized carbons (Fsp3) is 0.667. The number of hydrogen-bond donors (Lipinski definition) is 2. The van der Waals surface area contributed by atoms with Crippen LogP contribution in [-0.2, 0) is 16.0 Å². The molecule has 42 heavy (non-hydrogen) atoms. The van der Waals surface area contributed by atoms with Gasteiger partial charge in [-0.2, -0.15) is 18.2 Å². The molecule has 3 fully saturated rings. The minimum Gasteiger partial charge on any atom is -0.390 e. The van der Waals surface area contributed by atoms with Crippen molar-refractivity contribution in [3.63, 3.8) is 0 Å². The van der Waals surface area contributed by atoms with E-state index in [9.17, 15) is 26.7 Å². The van der Waals surface area contributed by atoms with E-state index < -0.39 is 32.4 Å². The van der Waals surface area contributed by atoms with Gasteiger partial charge in [0.15, 0.2) is 9.84 Å². The molecule has 1 spiro atoms. The van der Waals surface area contributed by atoms with Gasteiger partial charge < -0.3 is 20.2 Å². The first kappa shape index (κ1) is 31.0. The number of piperidine rings is 1. The van der Waals surface area contributed by atoms with Crippen LogP contribution >= 0.6 is 0 Å². The number of nitrogens with one attached hydrogen (secondary N) is 1. The van der Waals surface area contributed by atoms with Gasteiger partial charge in [-0.05, 0) is 109 Å². The fourth-order valence-corrected chi connectivity index (χ4v) is 8.85. The smallest absolute Gasteiger partial charge is 0.390 e. The molecule has 2 N–H and O–H groups in total. The quantitative estimate of drug-likeness (QED) is 0.421. The molecule has 1 unspecified atom stereocenters. The van der Waals surface area contributed by atoms with Gasteiger partial charge in [-0.15, -0.1) is 0 Å². The molecule has 1 aliphatic carbocycles. The van der Waals surface area contributed by atoms with Crippen LogP contribution in [0.1, 0.15) is 70.9 Å². The number of sulfone groups is 1. The molecule has 3 heterocycles. The number of aromatic nitrogens is 2. The van der Waals surface area contributed by atoms with Crippen LogP contribution in [-0.4, -0.2) is 71.5 Å². The van der Waals surface area contributed by atoms with Gasteiger partial charge in [0.2, 0.25) is 5.95 Å². The number of hydrogen-bond acceptors (Lipinski definition) is 8. The maximum Gasteiger partial charge on any atom is 0.421 e. The van der Waals surface area contributed by atoms with Crippen molar-refractivity contribution in [2.45, 2.75) is 94.7 Å². The number of aliphatic hydroxyl groups is 1. The SMILES string of the molecule is Cc1cc(S(=O)(=O)C2CC3(CCN(C(C)C)CC3)C2)ccc1Nc1ncc(C(F)(F)F)c(N2CCC(C(C)(C)O)C2)n1. The van der Waals surface area contributed by atoms with E-state index >= 15 is 0 Å². The van der Waals surface area contributed by atoms with Gasteiger partial charge in [-0.25, -0.2) is 13.4 Å². The third kappa shape index (κ3) is 6.12. The highest BCUT2D eigenvalue weighted by Crippen LogP contribution is 2.53. The molecule has 0 amide bonds. The summed E-state index contributed by atoms with van der Waals surface area (Å²) in [6, 6.07) is 5.29. The Bertz CT molecular complexity index is 1410. The summed E-state index contributed by atoms with van der Waals surface area (Å²) in [5, 5.41) is 13.0. The molecule has 5 rings (SSSR count). The number of halogens is 3. The first-order valence-electron chi connectivity index (χ1n) is 14.8. The molecule has 8 nitrogen and oxygen atoms in total. The number of anilines is 3. The first-order chi connectivity index (χ1) is 19.5. The summed E-state index contributed by atoms with van der Waals surface area (Å²) in [5.41, 5.74) is -0.688. The van der Waals surface area contributed by atoms with E-state index in [1.54, 1.807) is 43.9 Å². The van der Waals surface area contributed by atoms with Crippen LogP contribution in [0, 0.1) is 18.3 Å². The summed E-state index contributed by atoms with van der Waals surface area (Å²) >= 11 is 0. The van der Waals surface area contributed by atoms with Crippen molar-refractivity contribution in [2.75, 3.05) is 36.4 Å². The van der Waals surface area contributed by atoms with Gasteiger partial charge in [-0.1, -0.05) is 0 Å². The van der Waals surface area contributed by atoms with E-state index in [1.165, 1.54) is 0 Å². The Morgan fingerprint density at radius 2 is 1.79 bits per heavy atom. The lowest BCUT2D eigenvalue weighted by Crippen LogP contribution is -2.52. The van der Waals surface area contributed by atoms with Crippen molar-refractivity contribution in [3.8, 4) is 0 Å². The topological polar surface area (TPSA) is 98.7 Å². The highest BCUT2D eigenvalue weighted by molar-refractivity contribution is 7.92. The molecule has 12 heteroatoms. The minimum absolute atomic E-state index is 0.0166. The Morgan fingerprint density at radius 3 is 2.33 bits per heavy atom. The van der Waals surface area contributed by atoms with E-state index in [2.05, 4.69) is 34.0 Å². The molecule has 2 aliphatic heterocycles. The number of nitrogens with zero attached hydrogens (tertiary/aromatic N) is 4. The third-order valence-electron chi connectivity index (χ3n) is 9.68. The van der Waals surface area contributed by atoms with Crippen LogP contribution < -0.4 is 10.2 Å². The third-order valence-corrected chi connectivity index (χ3v) is 11.8. The summed E-state index contributed by atoms with van der Waals surface area (Å²) < 4.78 is 68.5. The summed E-state index contributed by atoms with van der Waals surface area (Å²) in [6.45, 7) is 12.0. The molecule has 1 aromatic carbocycles. The fourth-order valence-electron chi connectivity index (χ4n) is 6.72. The molecule has 0 bridgehead atoms. The first-order valence-corrected chi connectivity index (χ1v) is 16.3. The molecule has 1 aromatic heterocycles. The van der Waals surface area contributed by atoms with Crippen LogP contribution in [0.2, 0.25) is 0 Å². The molecule has 1 saturated carbocycles. The van der Waals surface area contributed by atoms with E-state index in [4.69, 9.17) is 0 Å². The van der Waals surface area contributed by atoms with Gasteiger partial charge in [0, 0.05) is 36.9 Å². The highest BCUT2D eigenvalue weighted by Gasteiger charge is 2.51. The lowest BCUT2D eigenvalue weighted by Gasteiger charge is -2.52. The van der Waals surface area contributed by atoms with E-state index in [-0.39, 0.29) is 34.5 Å². The van der Waals surface area contributed by atoms with Crippen LogP contribution in [0.15, 0.2) is 29.3 Å². The Balaban J connectivity index is 1.30. The van der Waals surface area contributed by atoms with Gasteiger partial charge in [0.05, 0.1) is 15.7 Å². The zero-order chi connectivity index (χ0) is 30.7. The minimum atomic E-state index is -4.64. The number of benzene rings is 1. The van der Waals surface area contributed by atoms with Crippen LogP contribution in [0.25, 0.3) is 0 Å². The van der Waals surface area contributed by atoms with Crippen molar-refractivity contribution in [2.24, 2.45) is 11.3 Å². The largest absolute Gasteiger partial charge is 0.421 e. The standard InChI is InChI=1S/C30H42F3N5O3S/c1-19(2)37-12-9-29(10-13-37)15-23(16-29)42(40,41)22-6-7-25(20(3)14-22)35-27-34-17-24(30(31,32)33)26(36-27)38-11-8-21(18-38)28(4,5)39/h6-7,14,17,19,21,23,39H,8-13,15-16,18H2,1-5H3,(H,34,35,36). The second-order valence-corrected chi connectivity index (χ2v) is 15.5. The molecular formula is C30H42F3N5O3S. The lowest BCUT2D eigenvalue weighted by molar-refractivity contribution is -0.137. The monoisotopic (exact) mass is 609 g/mol. The predicted molar refractivity (Wildman–Crippen MR) is 157 cm³/mol. The molecule has 3 aliphatic rings. The zero-order valence-corrected chi connectivity index (χ0v) is 25.8. The number of likely N-dealkylation sites (tertiary alicyclic amines) is 1. The summed E-state index contributed by atoms with van der Waals surface area (Å²) in [6.07, 6.45) is 0.113. The van der Waals surface area contributed by atoms with Crippen LogP contribution in [0.3, 0.4) is 0 Å². The number of alkyl halides is 3. The molecule has 2 saturated heterocycles.